The summed E-state index contributed by atoms with van der Waals surface area (Å²) in [5, 5.41) is 0. The van der Waals surface area contributed by atoms with E-state index in [4.69, 9.17) is 10.5 Å². The Bertz CT molecular complexity index is 506. The van der Waals surface area contributed by atoms with Crippen LogP contribution in [0.15, 0.2) is 24.3 Å². The predicted molar refractivity (Wildman–Crippen MR) is 75.4 cm³/mol. The van der Waals surface area contributed by atoms with E-state index < -0.39 is 12.0 Å². The van der Waals surface area contributed by atoms with Crippen LogP contribution in [0.3, 0.4) is 0 Å². The Kier molecular flexibility index (Phi) is 4.09. The van der Waals surface area contributed by atoms with Crippen molar-refractivity contribution in [1.29, 1.82) is 0 Å². The molecule has 0 fully saturated rings. The Morgan fingerprint density at radius 1 is 1.53 bits per heavy atom. The molecule has 19 heavy (non-hydrogen) atoms. The van der Waals surface area contributed by atoms with Gasteiger partial charge in [0.25, 0.3) is 5.91 Å². The third-order valence-corrected chi connectivity index (χ3v) is 4.02. The predicted octanol–water partition coefficient (Wildman–Crippen LogP) is 1.44. The molecule has 102 valence electrons. The third-order valence-electron chi connectivity index (χ3n) is 2.98. The van der Waals surface area contributed by atoms with Gasteiger partial charge in [-0.15, -0.1) is 0 Å². The van der Waals surface area contributed by atoms with Crippen LogP contribution in [0.4, 0.5) is 5.69 Å². The van der Waals surface area contributed by atoms with E-state index in [9.17, 15) is 9.59 Å². The first-order valence-corrected chi connectivity index (χ1v) is 6.96. The molecular weight excluding hydrogens is 312 g/mol. The van der Waals surface area contributed by atoms with Gasteiger partial charge in [-0.25, -0.2) is 0 Å². The van der Waals surface area contributed by atoms with Crippen LogP contribution < -0.4 is 15.4 Å². The Morgan fingerprint density at radius 2 is 2.21 bits per heavy atom. The molecule has 5 nitrogen and oxygen atoms in total. The number of nitrogens with zero attached hydrogens (tertiary/aromatic N) is 1. The van der Waals surface area contributed by atoms with Crippen LogP contribution in [-0.2, 0) is 9.59 Å². The van der Waals surface area contributed by atoms with Crippen molar-refractivity contribution in [3.05, 3.63) is 24.3 Å². The average molecular weight is 327 g/mol. The largest absolute Gasteiger partial charge is 0.477 e. The molecule has 2 unspecified atom stereocenters. The number of primary amides is 1. The van der Waals surface area contributed by atoms with Crippen LogP contribution in [0.25, 0.3) is 0 Å². The summed E-state index contributed by atoms with van der Waals surface area (Å²) in [4.78, 5) is 24.9. The molecule has 2 amide bonds. The van der Waals surface area contributed by atoms with Crippen LogP contribution in [0, 0.1) is 0 Å². The molecule has 1 aliphatic heterocycles. The maximum atomic E-state index is 12.3. The number of nitrogens with two attached hydrogens (primary N) is 1. The maximum absolute atomic E-state index is 12.3. The number of alkyl halides is 1. The van der Waals surface area contributed by atoms with Gasteiger partial charge in [-0.2, -0.15) is 0 Å². The van der Waals surface area contributed by atoms with Gasteiger partial charge in [-0.1, -0.05) is 35.0 Å². The summed E-state index contributed by atoms with van der Waals surface area (Å²) in [5.74, 6) is -0.166. The number of benzene rings is 1. The van der Waals surface area contributed by atoms with Gasteiger partial charge in [0.2, 0.25) is 5.91 Å². The van der Waals surface area contributed by atoms with Gasteiger partial charge < -0.3 is 15.4 Å². The minimum absolute atomic E-state index is 0.0931. The van der Waals surface area contributed by atoms with E-state index in [1.54, 1.807) is 23.1 Å². The van der Waals surface area contributed by atoms with Crippen LogP contribution in [0.5, 0.6) is 5.75 Å². The van der Waals surface area contributed by atoms with Crippen molar-refractivity contribution in [3.8, 4) is 5.75 Å². The second-order valence-electron chi connectivity index (χ2n) is 4.30. The third kappa shape index (κ3) is 2.73. The van der Waals surface area contributed by atoms with Crippen molar-refractivity contribution in [2.75, 3.05) is 11.4 Å². The lowest BCUT2D eigenvalue weighted by atomic mass is 10.1. The molecule has 0 saturated heterocycles. The van der Waals surface area contributed by atoms with E-state index in [-0.39, 0.29) is 17.3 Å². The lowest BCUT2D eigenvalue weighted by Gasteiger charge is -2.34. The first kappa shape index (κ1) is 13.9. The second kappa shape index (κ2) is 5.61. The van der Waals surface area contributed by atoms with Crippen molar-refractivity contribution in [1.82, 2.24) is 0 Å². The molecule has 2 rings (SSSR count). The fourth-order valence-corrected chi connectivity index (χ4v) is 2.18. The van der Waals surface area contributed by atoms with Crippen molar-refractivity contribution in [2.24, 2.45) is 5.73 Å². The molecule has 0 radical (unpaired) electrons. The summed E-state index contributed by atoms with van der Waals surface area (Å²) in [6, 6.07) is 7.12. The monoisotopic (exact) mass is 326 g/mol. The second-order valence-corrected chi connectivity index (χ2v) is 5.41. The lowest BCUT2D eigenvalue weighted by molar-refractivity contribution is -0.125. The highest BCUT2D eigenvalue weighted by molar-refractivity contribution is 9.10. The van der Waals surface area contributed by atoms with Gasteiger partial charge in [0.15, 0.2) is 6.10 Å². The first-order valence-electron chi connectivity index (χ1n) is 6.05. The maximum Gasteiger partial charge on any atom is 0.260 e. The number of amides is 2. The fraction of sp³-hybridized carbons (Fsp3) is 0.385. The van der Waals surface area contributed by atoms with Crippen LogP contribution >= 0.6 is 15.9 Å². The summed E-state index contributed by atoms with van der Waals surface area (Å²) in [6.45, 7) is 2.06. The standard InChI is InChI=1S/C13H15BrN2O3/c1-2-8(14)13(18)16-7-11(12(15)17)19-10-6-4-3-5-9(10)16/h3-6,8,11H,2,7H2,1H3,(H2,15,17). The molecule has 1 heterocycles. The van der Waals surface area contributed by atoms with Crippen molar-refractivity contribution < 1.29 is 14.3 Å². The van der Waals surface area contributed by atoms with Crippen LogP contribution in [-0.4, -0.2) is 29.3 Å². The minimum Gasteiger partial charge on any atom is -0.477 e. The Hall–Kier alpha value is -1.56. The Morgan fingerprint density at radius 3 is 2.84 bits per heavy atom. The van der Waals surface area contributed by atoms with E-state index in [2.05, 4.69) is 15.9 Å². The van der Waals surface area contributed by atoms with Gasteiger partial charge in [0.05, 0.1) is 17.1 Å². The van der Waals surface area contributed by atoms with E-state index in [1.807, 2.05) is 13.0 Å². The number of rotatable bonds is 3. The topological polar surface area (TPSA) is 72.6 Å². The molecule has 1 aromatic rings. The summed E-state index contributed by atoms with van der Waals surface area (Å²) in [5.41, 5.74) is 5.95. The smallest absolute Gasteiger partial charge is 0.260 e. The van der Waals surface area contributed by atoms with Crippen molar-refractivity contribution >= 4 is 33.4 Å². The molecule has 1 aromatic carbocycles. The lowest BCUT2D eigenvalue weighted by Crippen LogP contribution is -2.51. The number of hydrogen-bond donors (Lipinski definition) is 1. The summed E-state index contributed by atoms with van der Waals surface area (Å²) < 4.78 is 5.50. The highest BCUT2D eigenvalue weighted by Crippen LogP contribution is 2.34. The normalized spacial score (nSPS) is 19.3. The van der Waals surface area contributed by atoms with Gasteiger partial charge >= 0.3 is 0 Å². The molecule has 6 heteroatoms. The number of fused-ring (bicyclic) bond motifs is 1. The van der Waals surface area contributed by atoms with E-state index >= 15 is 0 Å². The van der Waals surface area contributed by atoms with E-state index in [0.717, 1.165) is 0 Å². The highest BCUT2D eigenvalue weighted by atomic mass is 79.9. The van der Waals surface area contributed by atoms with Crippen molar-refractivity contribution in [2.45, 2.75) is 24.3 Å². The Labute approximate surface area is 119 Å². The summed E-state index contributed by atoms with van der Waals surface area (Å²) in [6.07, 6.45) is -0.144. The molecule has 2 N–H and O–H groups in total. The number of anilines is 1. The molecule has 0 aliphatic carbocycles. The molecule has 0 spiro atoms. The van der Waals surface area contributed by atoms with E-state index in [0.29, 0.717) is 17.9 Å². The Balaban J connectivity index is 2.36. The first-order chi connectivity index (χ1) is 9.04. The van der Waals surface area contributed by atoms with Crippen LogP contribution in [0.2, 0.25) is 0 Å². The van der Waals surface area contributed by atoms with E-state index in [1.165, 1.54) is 0 Å². The fourth-order valence-electron chi connectivity index (χ4n) is 1.93. The highest BCUT2D eigenvalue weighted by Gasteiger charge is 2.34. The quantitative estimate of drug-likeness (QED) is 0.854. The van der Waals surface area contributed by atoms with Gasteiger partial charge in [-0.3, -0.25) is 9.59 Å². The number of carbonyl (C=O) groups excluding carboxylic acids is 2. The number of carbonyl (C=O) groups is 2. The summed E-state index contributed by atoms with van der Waals surface area (Å²) in [7, 11) is 0. The minimum atomic E-state index is -0.810. The average Bonchev–Trinajstić information content (AvgIpc) is 2.44. The zero-order valence-corrected chi connectivity index (χ0v) is 12.1. The number of halogens is 1. The van der Waals surface area contributed by atoms with Gasteiger partial charge in [0, 0.05) is 0 Å². The number of ether oxygens (including phenoxy) is 1. The SMILES string of the molecule is CCC(Br)C(=O)N1CC(C(N)=O)Oc2ccccc21. The number of para-hydroxylation sites is 2. The van der Waals surface area contributed by atoms with Crippen molar-refractivity contribution in [3.63, 3.8) is 0 Å². The number of hydrogen-bond acceptors (Lipinski definition) is 3. The molecule has 2 atom stereocenters. The van der Waals surface area contributed by atoms with Gasteiger partial charge in [0.1, 0.15) is 5.75 Å². The molecule has 1 aliphatic rings. The molecular formula is C13H15BrN2O3. The zero-order valence-electron chi connectivity index (χ0n) is 10.5. The molecule has 0 bridgehead atoms. The van der Waals surface area contributed by atoms with Gasteiger partial charge in [-0.05, 0) is 18.6 Å². The molecule has 0 saturated carbocycles. The zero-order chi connectivity index (χ0) is 14.0. The summed E-state index contributed by atoms with van der Waals surface area (Å²) >= 11 is 3.34. The van der Waals surface area contributed by atoms with Crippen LogP contribution in [0.1, 0.15) is 13.3 Å². The molecule has 0 aromatic heterocycles.